The lowest BCUT2D eigenvalue weighted by molar-refractivity contribution is -0.120. The van der Waals surface area contributed by atoms with Crippen LogP contribution in [0.2, 0.25) is 5.02 Å². The van der Waals surface area contributed by atoms with Crippen LogP contribution in [0.25, 0.3) is 22.3 Å². The number of ether oxygens (including phenoxy) is 2. The molecule has 184 valence electrons. The van der Waals surface area contributed by atoms with E-state index in [2.05, 4.69) is 37.9 Å². The maximum atomic E-state index is 10.7. The Balaban J connectivity index is 1.38. The third-order valence-electron chi connectivity index (χ3n) is 5.67. The van der Waals surface area contributed by atoms with Crippen LogP contribution in [-0.4, -0.2) is 37.4 Å². The molecular formula is C24H26BrClN6O3. The van der Waals surface area contributed by atoms with E-state index in [1.807, 2.05) is 30.7 Å². The first-order valence-electron chi connectivity index (χ1n) is 11.1. The topological polar surface area (TPSA) is 110 Å². The van der Waals surface area contributed by atoms with Gasteiger partial charge in [-0.25, -0.2) is 9.67 Å². The van der Waals surface area contributed by atoms with E-state index >= 15 is 0 Å². The molecule has 1 aromatic carbocycles. The van der Waals surface area contributed by atoms with Crippen LogP contribution in [0.4, 0.5) is 5.95 Å². The molecule has 0 fully saturated rings. The summed E-state index contributed by atoms with van der Waals surface area (Å²) >= 11 is 9.67. The third-order valence-corrected chi connectivity index (χ3v) is 6.86. The number of nitrogen functional groups attached to an aromatic ring is 1. The van der Waals surface area contributed by atoms with Gasteiger partial charge in [0.1, 0.15) is 5.75 Å². The van der Waals surface area contributed by atoms with E-state index in [9.17, 15) is 4.79 Å². The normalized spacial score (nSPS) is 12.1. The summed E-state index contributed by atoms with van der Waals surface area (Å²) in [4.78, 5) is 19.7. The number of hydrogen-bond donors (Lipinski definition) is 1. The number of fused-ring (bicyclic) bond motifs is 1. The number of pyridine rings is 1. The first-order chi connectivity index (χ1) is 16.8. The summed E-state index contributed by atoms with van der Waals surface area (Å²) in [5, 5.41) is 4.92. The molecule has 0 spiro atoms. The highest BCUT2D eigenvalue weighted by Gasteiger charge is 2.16. The number of imidazole rings is 1. The lowest BCUT2D eigenvalue weighted by Crippen LogP contribution is -2.12. The van der Waals surface area contributed by atoms with Crippen molar-refractivity contribution in [2.75, 3.05) is 12.3 Å². The molecule has 0 saturated carbocycles. The van der Waals surface area contributed by atoms with Crippen LogP contribution in [0.1, 0.15) is 25.5 Å². The number of carbonyl (C=O) groups excluding carboxylic acids is 1. The number of halogens is 2. The van der Waals surface area contributed by atoms with Crippen molar-refractivity contribution in [3.8, 4) is 22.9 Å². The van der Waals surface area contributed by atoms with Gasteiger partial charge < -0.3 is 19.8 Å². The quantitative estimate of drug-likeness (QED) is 0.210. The predicted molar refractivity (Wildman–Crippen MR) is 139 cm³/mol. The summed E-state index contributed by atoms with van der Waals surface area (Å²) in [7, 11) is 1.82. The highest BCUT2D eigenvalue weighted by atomic mass is 79.9. The zero-order valence-corrected chi connectivity index (χ0v) is 22.0. The molecule has 11 heteroatoms. The molecule has 0 amide bonds. The highest BCUT2D eigenvalue weighted by molar-refractivity contribution is 9.10. The van der Waals surface area contributed by atoms with Crippen molar-refractivity contribution in [2.45, 2.75) is 33.2 Å². The Bertz CT molecular complexity index is 1370. The Kier molecular flexibility index (Phi) is 7.61. The van der Waals surface area contributed by atoms with Crippen LogP contribution in [0.5, 0.6) is 11.6 Å². The molecule has 4 aromatic rings. The number of nitrogens with two attached hydrogens (primary N) is 1. The zero-order valence-electron chi connectivity index (χ0n) is 19.7. The van der Waals surface area contributed by atoms with Crippen LogP contribution < -0.4 is 15.2 Å². The summed E-state index contributed by atoms with van der Waals surface area (Å²) < 4.78 is 15.6. The number of nitrogens with zero attached hydrogens (tertiary/aromatic N) is 5. The summed E-state index contributed by atoms with van der Waals surface area (Å²) in [6, 6.07) is 7.15. The van der Waals surface area contributed by atoms with Gasteiger partial charge in [-0.2, -0.15) is 5.10 Å². The highest BCUT2D eigenvalue weighted by Crippen LogP contribution is 2.32. The minimum absolute atomic E-state index is 0.347. The van der Waals surface area contributed by atoms with E-state index in [0.717, 1.165) is 46.1 Å². The molecule has 1 atom stereocenters. The van der Waals surface area contributed by atoms with Gasteiger partial charge >= 0.3 is 0 Å². The van der Waals surface area contributed by atoms with Gasteiger partial charge in [0, 0.05) is 35.9 Å². The van der Waals surface area contributed by atoms with Crippen molar-refractivity contribution >= 4 is 51.0 Å². The van der Waals surface area contributed by atoms with E-state index in [0.29, 0.717) is 47.3 Å². The Labute approximate surface area is 216 Å². The molecule has 3 aromatic heterocycles. The Morgan fingerprint density at radius 2 is 2.06 bits per heavy atom. The summed E-state index contributed by atoms with van der Waals surface area (Å²) in [5.74, 6) is 1.85. The smallest absolute Gasteiger partial charge is 0.298 e. The first kappa shape index (κ1) is 25.0. The van der Waals surface area contributed by atoms with Crippen molar-refractivity contribution in [1.82, 2.24) is 24.3 Å². The van der Waals surface area contributed by atoms with Crippen molar-refractivity contribution < 1.29 is 14.3 Å². The van der Waals surface area contributed by atoms with Gasteiger partial charge in [0.25, 0.3) is 6.47 Å². The van der Waals surface area contributed by atoms with Gasteiger partial charge in [0.05, 0.1) is 40.1 Å². The number of rotatable bonds is 10. The summed E-state index contributed by atoms with van der Waals surface area (Å²) in [6.07, 6.45) is 3.47. The number of benzene rings is 1. The Morgan fingerprint density at radius 3 is 2.83 bits per heavy atom. The van der Waals surface area contributed by atoms with Crippen LogP contribution in [-0.2, 0) is 18.4 Å². The van der Waals surface area contributed by atoms with Crippen molar-refractivity contribution in [1.29, 1.82) is 0 Å². The first-order valence-corrected chi connectivity index (χ1v) is 12.3. The number of aromatic nitrogens is 5. The molecule has 35 heavy (non-hydrogen) atoms. The fourth-order valence-corrected chi connectivity index (χ4v) is 4.50. The minimum Gasteiger partial charge on any atom is -0.477 e. The SMILES string of the molecule is Cc1cc(OC=O)cc(-c2cnn(C)c2OCCC[C@@H](C)Cn2c(N)nc3cc(Cl)c(Br)cc32)n1. The molecule has 0 aliphatic rings. The second-order valence-corrected chi connectivity index (χ2v) is 9.72. The molecule has 4 rings (SSSR count). The van der Waals surface area contributed by atoms with Crippen molar-refractivity contribution in [2.24, 2.45) is 13.0 Å². The van der Waals surface area contributed by atoms with Crippen molar-refractivity contribution in [3.63, 3.8) is 0 Å². The monoisotopic (exact) mass is 560 g/mol. The van der Waals surface area contributed by atoms with Crippen LogP contribution >= 0.6 is 27.5 Å². The van der Waals surface area contributed by atoms with Gasteiger partial charge in [0.15, 0.2) is 0 Å². The molecule has 0 aliphatic carbocycles. The number of aryl methyl sites for hydroxylation is 2. The molecular weight excluding hydrogens is 536 g/mol. The van der Waals surface area contributed by atoms with Crippen LogP contribution in [0.3, 0.4) is 0 Å². The van der Waals surface area contributed by atoms with E-state index in [1.54, 1.807) is 23.0 Å². The molecule has 0 bridgehead atoms. The molecule has 0 aliphatic heterocycles. The zero-order chi connectivity index (χ0) is 25.1. The second-order valence-electron chi connectivity index (χ2n) is 8.46. The van der Waals surface area contributed by atoms with Gasteiger partial charge in [-0.3, -0.25) is 9.78 Å². The number of hydrogen-bond acceptors (Lipinski definition) is 7. The molecule has 3 heterocycles. The van der Waals surface area contributed by atoms with E-state index in [-0.39, 0.29) is 0 Å². The fourth-order valence-electron chi connectivity index (χ4n) is 4.01. The van der Waals surface area contributed by atoms with Gasteiger partial charge in [-0.1, -0.05) is 18.5 Å². The molecule has 0 unspecified atom stereocenters. The maximum Gasteiger partial charge on any atom is 0.298 e. The molecule has 0 radical (unpaired) electrons. The third kappa shape index (κ3) is 5.59. The van der Waals surface area contributed by atoms with Crippen LogP contribution in [0.15, 0.2) is 34.9 Å². The lowest BCUT2D eigenvalue weighted by Gasteiger charge is -2.15. The van der Waals surface area contributed by atoms with Crippen molar-refractivity contribution in [3.05, 3.63) is 45.7 Å². The van der Waals surface area contributed by atoms with Gasteiger partial charge in [-0.05, 0) is 53.7 Å². The lowest BCUT2D eigenvalue weighted by atomic mass is 10.1. The summed E-state index contributed by atoms with van der Waals surface area (Å²) in [5.41, 5.74) is 10.00. The fraction of sp³-hybridized carbons (Fsp3) is 0.333. The van der Waals surface area contributed by atoms with Crippen LogP contribution in [0, 0.1) is 12.8 Å². The maximum absolute atomic E-state index is 10.7. The van der Waals surface area contributed by atoms with Gasteiger partial charge in [0.2, 0.25) is 11.8 Å². The number of carbonyl (C=O) groups is 1. The standard InChI is InChI=1S/C24H26BrClN6O3/c1-14(12-32-22-9-18(25)19(26)10-21(22)30-24(32)27)5-4-6-34-23-17(11-28-31(23)3)20-8-16(35-13-33)7-15(2)29-20/h7-11,13-14H,4-6,12H2,1-3H3,(H2,27,30)/t14-/m1/s1. The summed E-state index contributed by atoms with van der Waals surface area (Å²) in [6.45, 7) is 5.66. The molecule has 0 saturated heterocycles. The number of anilines is 1. The average Bonchev–Trinajstić information content (AvgIpc) is 3.31. The Morgan fingerprint density at radius 1 is 1.26 bits per heavy atom. The van der Waals surface area contributed by atoms with E-state index < -0.39 is 0 Å². The largest absolute Gasteiger partial charge is 0.477 e. The average molecular weight is 562 g/mol. The Hall–Kier alpha value is -3.11. The second kappa shape index (κ2) is 10.7. The van der Waals surface area contributed by atoms with Gasteiger partial charge in [-0.15, -0.1) is 0 Å². The predicted octanol–water partition coefficient (Wildman–Crippen LogP) is 5.17. The van der Waals surface area contributed by atoms with E-state index in [4.69, 9.17) is 26.8 Å². The minimum atomic E-state index is 0.347. The molecule has 2 N–H and O–H groups in total. The van der Waals surface area contributed by atoms with E-state index in [1.165, 1.54) is 0 Å². The molecule has 9 nitrogen and oxygen atoms in total.